The zero-order valence-electron chi connectivity index (χ0n) is 7.90. The summed E-state index contributed by atoms with van der Waals surface area (Å²) in [7, 11) is -3.60. The van der Waals surface area contributed by atoms with Crippen molar-refractivity contribution in [3.05, 3.63) is 31.7 Å². The lowest BCUT2D eigenvalue weighted by Gasteiger charge is -2.07. The van der Waals surface area contributed by atoms with E-state index in [9.17, 15) is 18.5 Å². The van der Waals surface area contributed by atoms with E-state index in [1.165, 1.54) is 6.07 Å². The number of anilines is 1. The van der Waals surface area contributed by atoms with E-state index < -0.39 is 20.6 Å². The highest BCUT2D eigenvalue weighted by atomic mass is 79.9. The van der Waals surface area contributed by atoms with Gasteiger partial charge in [-0.05, 0) is 22.0 Å². The van der Waals surface area contributed by atoms with Crippen molar-refractivity contribution in [1.29, 1.82) is 0 Å². The van der Waals surface area contributed by atoms with Crippen LogP contribution in [0.1, 0.15) is 0 Å². The molecule has 1 aromatic rings. The zero-order valence-corrected chi connectivity index (χ0v) is 11.1. The minimum absolute atomic E-state index is 0.137. The maximum Gasteiger partial charge on any atom is 0.295 e. The van der Waals surface area contributed by atoms with Crippen LogP contribution in [-0.4, -0.2) is 19.6 Å². The molecule has 0 radical (unpaired) electrons. The lowest BCUT2D eigenvalue weighted by Crippen LogP contribution is -2.11. The molecule has 88 valence electrons. The molecule has 9 heteroatoms. The Balaban J connectivity index is 3.41. The Labute approximate surface area is 105 Å². The van der Waals surface area contributed by atoms with Crippen LogP contribution in [-0.2, 0) is 10.0 Å². The Morgan fingerprint density at radius 3 is 2.50 bits per heavy atom. The second kappa shape index (κ2) is 4.56. The molecule has 0 saturated carbocycles. The predicted molar refractivity (Wildman–Crippen MR) is 64.3 cm³/mol. The molecule has 0 heterocycles. The van der Waals surface area contributed by atoms with Gasteiger partial charge in [-0.2, -0.15) is 0 Å². The third kappa shape index (κ3) is 3.32. The lowest BCUT2D eigenvalue weighted by molar-refractivity contribution is -0.383. The standard InChI is InChI=1S/C7H6BrClN2O4S/c1-16(14,15)10-7-5(8)2-4(9)3-6(7)11(12)13/h2-3,10H,1H3. The average molecular weight is 330 g/mol. The summed E-state index contributed by atoms with van der Waals surface area (Å²) in [6, 6.07) is 2.43. The number of hydrogen-bond acceptors (Lipinski definition) is 4. The largest absolute Gasteiger partial charge is 0.295 e. The van der Waals surface area contributed by atoms with Gasteiger partial charge in [-0.1, -0.05) is 11.6 Å². The Morgan fingerprint density at radius 2 is 2.06 bits per heavy atom. The van der Waals surface area contributed by atoms with E-state index in [2.05, 4.69) is 20.7 Å². The van der Waals surface area contributed by atoms with Gasteiger partial charge in [0.15, 0.2) is 0 Å². The van der Waals surface area contributed by atoms with Gasteiger partial charge in [0.25, 0.3) is 5.69 Å². The fraction of sp³-hybridized carbons (Fsp3) is 0.143. The molecule has 0 spiro atoms. The highest BCUT2D eigenvalue weighted by Gasteiger charge is 2.20. The molecule has 0 saturated heterocycles. The minimum atomic E-state index is -3.60. The van der Waals surface area contributed by atoms with E-state index >= 15 is 0 Å². The van der Waals surface area contributed by atoms with Crippen LogP contribution in [0.5, 0.6) is 0 Å². The van der Waals surface area contributed by atoms with Crippen LogP contribution in [0.4, 0.5) is 11.4 Å². The smallest absolute Gasteiger partial charge is 0.276 e. The molecule has 0 aliphatic carbocycles. The molecule has 0 atom stereocenters. The third-order valence-corrected chi connectivity index (χ3v) is 2.94. The first kappa shape index (κ1) is 13.2. The average Bonchev–Trinajstić information content (AvgIpc) is 2.07. The summed E-state index contributed by atoms with van der Waals surface area (Å²) in [6.45, 7) is 0. The van der Waals surface area contributed by atoms with Gasteiger partial charge in [-0.15, -0.1) is 0 Å². The van der Waals surface area contributed by atoms with Crippen molar-refractivity contribution >= 4 is 48.9 Å². The minimum Gasteiger partial charge on any atom is -0.276 e. The van der Waals surface area contributed by atoms with Crippen LogP contribution in [0.25, 0.3) is 0 Å². The topological polar surface area (TPSA) is 89.3 Å². The van der Waals surface area contributed by atoms with Crippen LogP contribution in [0.15, 0.2) is 16.6 Å². The summed E-state index contributed by atoms with van der Waals surface area (Å²) in [6.07, 6.45) is 0.901. The van der Waals surface area contributed by atoms with Gasteiger partial charge in [0.2, 0.25) is 10.0 Å². The van der Waals surface area contributed by atoms with E-state index in [0.717, 1.165) is 12.3 Å². The first-order chi connectivity index (χ1) is 7.20. The molecule has 0 bridgehead atoms. The normalized spacial score (nSPS) is 11.2. The second-order valence-corrected chi connectivity index (χ2v) is 5.95. The summed E-state index contributed by atoms with van der Waals surface area (Å²) in [4.78, 5) is 9.99. The molecular formula is C7H6BrClN2O4S. The summed E-state index contributed by atoms with van der Waals surface area (Å²) in [5.41, 5.74) is -0.554. The Bertz CT molecular complexity index is 546. The van der Waals surface area contributed by atoms with Crippen molar-refractivity contribution < 1.29 is 13.3 Å². The van der Waals surface area contributed by atoms with Crippen molar-refractivity contribution in [3.8, 4) is 0 Å². The number of nitrogens with one attached hydrogen (secondary N) is 1. The van der Waals surface area contributed by atoms with Crippen LogP contribution in [0, 0.1) is 10.1 Å². The number of rotatable bonds is 3. The van der Waals surface area contributed by atoms with Crippen molar-refractivity contribution in [3.63, 3.8) is 0 Å². The van der Waals surface area contributed by atoms with Crippen molar-refractivity contribution in [2.45, 2.75) is 0 Å². The van der Waals surface area contributed by atoms with Gasteiger partial charge in [-0.25, -0.2) is 8.42 Å². The SMILES string of the molecule is CS(=O)(=O)Nc1c(Br)cc(Cl)cc1[N+](=O)[O-]. The van der Waals surface area contributed by atoms with Crippen LogP contribution < -0.4 is 4.72 Å². The number of nitro benzene ring substituents is 1. The van der Waals surface area contributed by atoms with Gasteiger partial charge < -0.3 is 0 Å². The highest BCUT2D eigenvalue weighted by molar-refractivity contribution is 9.10. The molecule has 16 heavy (non-hydrogen) atoms. The highest BCUT2D eigenvalue weighted by Crippen LogP contribution is 2.36. The van der Waals surface area contributed by atoms with Gasteiger partial charge >= 0.3 is 0 Å². The maximum absolute atomic E-state index is 11.0. The van der Waals surface area contributed by atoms with E-state index in [4.69, 9.17) is 11.6 Å². The van der Waals surface area contributed by atoms with Crippen LogP contribution in [0.3, 0.4) is 0 Å². The summed E-state index contributed by atoms with van der Waals surface area (Å²) < 4.78 is 24.3. The Morgan fingerprint density at radius 1 is 1.50 bits per heavy atom. The molecule has 0 amide bonds. The summed E-state index contributed by atoms with van der Waals surface area (Å²) >= 11 is 8.63. The number of nitro groups is 1. The summed E-state index contributed by atoms with van der Waals surface area (Å²) in [5.74, 6) is 0. The molecule has 1 rings (SSSR count). The van der Waals surface area contributed by atoms with Crippen LogP contribution >= 0.6 is 27.5 Å². The molecule has 0 fully saturated rings. The molecule has 6 nitrogen and oxygen atoms in total. The Hall–Kier alpha value is -0.860. The molecule has 0 aliphatic heterocycles. The Kier molecular flexibility index (Phi) is 3.76. The maximum atomic E-state index is 11.0. The first-order valence-electron chi connectivity index (χ1n) is 3.82. The van der Waals surface area contributed by atoms with Crippen molar-refractivity contribution in [2.24, 2.45) is 0 Å². The number of halogens is 2. The molecule has 1 aromatic carbocycles. The quantitative estimate of drug-likeness (QED) is 0.681. The number of sulfonamides is 1. The number of hydrogen-bond donors (Lipinski definition) is 1. The molecule has 0 unspecified atom stereocenters. The van der Waals surface area contributed by atoms with Gasteiger partial charge in [0.1, 0.15) is 5.69 Å². The fourth-order valence-corrected chi connectivity index (χ4v) is 2.60. The van der Waals surface area contributed by atoms with Gasteiger partial charge in [0, 0.05) is 11.1 Å². The number of nitrogens with zero attached hydrogens (tertiary/aromatic N) is 1. The second-order valence-electron chi connectivity index (χ2n) is 2.91. The lowest BCUT2D eigenvalue weighted by atomic mass is 10.3. The van der Waals surface area contributed by atoms with Gasteiger partial charge in [0.05, 0.1) is 15.7 Å². The fourth-order valence-electron chi connectivity index (χ4n) is 0.990. The molecular weight excluding hydrogens is 324 g/mol. The molecule has 0 aromatic heterocycles. The third-order valence-electron chi connectivity index (χ3n) is 1.52. The first-order valence-corrected chi connectivity index (χ1v) is 6.88. The van der Waals surface area contributed by atoms with E-state index in [1.807, 2.05) is 0 Å². The van der Waals surface area contributed by atoms with Crippen LogP contribution in [0.2, 0.25) is 5.02 Å². The van der Waals surface area contributed by atoms with Crippen molar-refractivity contribution in [2.75, 3.05) is 11.0 Å². The predicted octanol–water partition coefficient (Wildman–Crippen LogP) is 2.38. The monoisotopic (exact) mass is 328 g/mol. The summed E-state index contributed by atoms with van der Waals surface area (Å²) in [5, 5.41) is 10.8. The zero-order chi connectivity index (χ0) is 12.5. The number of benzene rings is 1. The molecule has 0 aliphatic rings. The van der Waals surface area contributed by atoms with E-state index in [-0.39, 0.29) is 15.2 Å². The van der Waals surface area contributed by atoms with E-state index in [0.29, 0.717) is 0 Å². The van der Waals surface area contributed by atoms with Crippen molar-refractivity contribution in [1.82, 2.24) is 0 Å². The van der Waals surface area contributed by atoms with E-state index in [1.54, 1.807) is 0 Å². The van der Waals surface area contributed by atoms with Gasteiger partial charge in [-0.3, -0.25) is 14.8 Å². The molecule has 1 N–H and O–H groups in total.